The second-order valence-corrected chi connectivity index (χ2v) is 6.97. The van der Waals surface area contributed by atoms with Crippen molar-refractivity contribution in [3.05, 3.63) is 22.7 Å². The number of ether oxygens (including phenoxy) is 2. The molecule has 3 N–H and O–H groups in total. The van der Waals surface area contributed by atoms with Crippen LogP contribution >= 0.6 is 24.0 Å². The first-order valence-corrected chi connectivity index (χ1v) is 9.34. The molecule has 0 aliphatic carbocycles. The summed E-state index contributed by atoms with van der Waals surface area (Å²) in [5.41, 5.74) is 6.54. The molecular weight excluding hydrogens is 377 g/mol. The molecule has 2 aliphatic heterocycles. The van der Waals surface area contributed by atoms with E-state index >= 15 is 0 Å². The van der Waals surface area contributed by atoms with E-state index in [2.05, 4.69) is 10.2 Å². The van der Waals surface area contributed by atoms with Gasteiger partial charge in [0.05, 0.1) is 5.02 Å². The van der Waals surface area contributed by atoms with Gasteiger partial charge in [-0.2, -0.15) is 0 Å². The monoisotopic (exact) mass is 403 g/mol. The zero-order valence-electron chi connectivity index (χ0n) is 14.8. The highest BCUT2D eigenvalue weighted by Crippen LogP contribution is 2.38. The average molecular weight is 404 g/mol. The average Bonchev–Trinajstić information content (AvgIpc) is 2.61. The van der Waals surface area contributed by atoms with Crippen LogP contribution in [0.15, 0.2) is 12.1 Å². The number of halogens is 2. The minimum absolute atomic E-state index is 0. The molecule has 1 aromatic carbocycles. The van der Waals surface area contributed by atoms with Crippen molar-refractivity contribution in [2.45, 2.75) is 38.3 Å². The van der Waals surface area contributed by atoms with Gasteiger partial charge in [0.1, 0.15) is 13.2 Å². The van der Waals surface area contributed by atoms with Crippen LogP contribution in [0.5, 0.6) is 11.5 Å². The molecule has 1 fully saturated rings. The summed E-state index contributed by atoms with van der Waals surface area (Å²) < 4.78 is 11.2. The first-order valence-electron chi connectivity index (χ1n) is 8.96. The van der Waals surface area contributed by atoms with Crippen molar-refractivity contribution in [2.24, 2.45) is 5.73 Å². The van der Waals surface area contributed by atoms with E-state index in [1.807, 2.05) is 12.1 Å². The Bertz CT molecular complexity index is 616. The second kappa shape index (κ2) is 10.2. The van der Waals surface area contributed by atoms with Crippen molar-refractivity contribution in [3.8, 4) is 11.5 Å². The van der Waals surface area contributed by atoms with Crippen molar-refractivity contribution in [1.82, 2.24) is 10.2 Å². The van der Waals surface area contributed by atoms with E-state index in [-0.39, 0.29) is 18.3 Å². The van der Waals surface area contributed by atoms with Crippen molar-refractivity contribution in [2.75, 3.05) is 32.8 Å². The fourth-order valence-electron chi connectivity index (χ4n) is 3.44. The number of rotatable bonds is 6. The second-order valence-electron chi connectivity index (χ2n) is 6.56. The summed E-state index contributed by atoms with van der Waals surface area (Å²) in [6, 6.07) is 4.30. The summed E-state index contributed by atoms with van der Waals surface area (Å²) in [6.07, 6.45) is 3.83. The van der Waals surface area contributed by atoms with Crippen molar-refractivity contribution < 1.29 is 14.3 Å². The summed E-state index contributed by atoms with van der Waals surface area (Å²) >= 11 is 6.35. The van der Waals surface area contributed by atoms with Crippen LogP contribution in [-0.4, -0.2) is 49.7 Å². The highest BCUT2D eigenvalue weighted by molar-refractivity contribution is 6.32. The summed E-state index contributed by atoms with van der Waals surface area (Å²) in [4.78, 5) is 14.1. The molecule has 2 aliphatic rings. The summed E-state index contributed by atoms with van der Waals surface area (Å²) in [5, 5.41) is 3.59. The number of fused-ring (bicyclic) bond motifs is 1. The van der Waals surface area contributed by atoms with Crippen LogP contribution in [0.3, 0.4) is 0 Å². The van der Waals surface area contributed by atoms with E-state index in [0.29, 0.717) is 49.5 Å². The van der Waals surface area contributed by atoms with Crippen molar-refractivity contribution in [1.29, 1.82) is 0 Å². The highest BCUT2D eigenvalue weighted by atomic mass is 35.5. The van der Waals surface area contributed by atoms with Crippen LogP contribution in [0.2, 0.25) is 5.02 Å². The molecule has 1 atom stereocenters. The van der Waals surface area contributed by atoms with E-state index in [9.17, 15) is 4.79 Å². The standard InChI is InChI=1S/C18H26ClN3O3.ClH/c19-15-9-13(10-16-18(15)25-8-7-24-16)12-22-6-2-1-3-14(22)11-21-17(23)4-5-20;/h9-10,14H,1-8,11-12,20H2,(H,21,23);1H. The van der Waals surface area contributed by atoms with Gasteiger partial charge >= 0.3 is 0 Å². The minimum Gasteiger partial charge on any atom is -0.486 e. The molecule has 0 aromatic heterocycles. The number of hydrogen-bond donors (Lipinski definition) is 2. The van der Waals surface area contributed by atoms with E-state index in [4.69, 9.17) is 26.8 Å². The van der Waals surface area contributed by atoms with Gasteiger partial charge in [0.25, 0.3) is 0 Å². The molecule has 0 radical (unpaired) electrons. The molecule has 1 aromatic rings. The number of nitrogens with two attached hydrogens (primary N) is 1. The Kier molecular flexibility index (Phi) is 8.28. The molecule has 1 saturated heterocycles. The largest absolute Gasteiger partial charge is 0.486 e. The lowest BCUT2D eigenvalue weighted by atomic mass is 10.0. The fourth-order valence-corrected chi connectivity index (χ4v) is 3.73. The van der Waals surface area contributed by atoms with Crippen molar-refractivity contribution in [3.63, 3.8) is 0 Å². The van der Waals surface area contributed by atoms with E-state index in [1.54, 1.807) is 0 Å². The molecule has 26 heavy (non-hydrogen) atoms. The van der Waals surface area contributed by atoms with Gasteiger partial charge in [-0.1, -0.05) is 18.0 Å². The Labute approximate surface area is 165 Å². The number of piperidine rings is 1. The number of nitrogens with zero attached hydrogens (tertiary/aromatic N) is 1. The Balaban J connectivity index is 0.00000243. The SMILES string of the molecule is Cl.NCCC(=O)NCC1CCCCN1Cc1cc(Cl)c2c(c1)OCCO2. The zero-order valence-corrected chi connectivity index (χ0v) is 16.4. The van der Waals surface area contributed by atoms with E-state index in [0.717, 1.165) is 30.8 Å². The molecular formula is C18H27Cl2N3O3. The summed E-state index contributed by atoms with van der Waals surface area (Å²) in [7, 11) is 0. The molecule has 8 heteroatoms. The molecule has 0 bridgehead atoms. The lowest BCUT2D eigenvalue weighted by Crippen LogP contribution is -2.46. The van der Waals surface area contributed by atoms with E-state index < -0.39 is 0 Å². The van der Waals surface area contributed by atoms with Gasteiger partial charge in [0.2, 0.25) is 5.91 Å². The van der Waals surface area contributed by atoms with Gasteiger partial charge in [-0.15, -0.1) is 12.4 Å². The van der Waals surface area contributed by atoms with Crippen LogP contribution in [0, 0.1) is 0 Å². The minimum atomic E-state index is 0. The lowest BCUT2D eigenvalue weighted by Gasteiger charge is -2.36. The number of likely N-dealkylation sites (tertiary alicyclic amines) is 1. The first kappa shape index (κ1) is 21.1. The number of hydrogen-bond acceptors (Lipinski definition) is 5. The number of amides is 1. The Hall–Kier alpha value is -1.21. The molecule has 2 heterocycles. The third-order valence-electron chi connectivity index (χ3n) is 4.70. The Morgan fingerprint density at radius 1 is 1.31 bits per heavy atom. The molecule has 6 nitrogen and oxygen atoms in total. The molecule has 0 spiro atoms. The van der Waals surface area contributed by atoms with Gasteiger partial charge in [-0.05, 0) is 37.1 Å². The maximum absolute atomic E-state index is 11.7. The van der Waals surface area contributed by atoms with E-state index in [1.165, 1.54) is 12.8 Å². The first-order chi connectivity index (χ1) is 12.2. The van der Waals surface area contributed by atoms with Gasteiger partial charge in [-0.3, -0.25) is 9.69 Å². The predicted molar refractivity (Wildman–Crippen MR) is 104 cm³/mol. The van der Waals surface area contributed by atoms with Crippen LogP contribution in [0.4, 0.5) is 0 Å². The predicted octanol–water partition coefficient (Wildman–Crippen LogP) is 2.35. The van der Waals surface area contributed by atoms with Gasteiger partial charge in [0, 0.05) is 32.1 Å². The maximum atomic E-state index is 11.7. The molecule has 146 valence electrons. The van der Waals surface area contributed by atoms with Crippen LogP contribution in [-0.2, 0) is 11.3 Å². The number of carbonyl (C=O) groups excluding carboxylic acids is 1. The molecule has 0 saturated carbocycles. The van der Waals surface area contributed by atoms with Crippen LogP contribution in [0.1, 0.15) is 31.2 Å². The third kappa shape index (κ3) is 5.39. The lowest BCUT2D eigenvalue weighted by molar-refractivity contribution is -0.121. The highest BCUT2D eigenvalue weighted by Gasteiger charge is 2.24. The number of nitrogens with one attached hydrogen (secondary N) is 1. The third-order valence-corrected chi connectivity index (χ3v) is 4.98. The summed E-state index contributed by atoms with van der Waals surface area (Å²) in [6.45, 7) is 3.93. The molecule has 1 unspecified atom stereocenters. The molecule has 1 amide bonds. The van der Waals surface area contributed by atoms with Crippen molar-refractivity contribution >= 4 is 29.9 Å². The smallest absolute Gasteiger partial charge is 0.221 e. The quantitative estimate of drug-likeness (QED) is 0.761. The normalized spacial score (nSPS) is 19.5. The number of carbonyl (C=O) groups is 1. The molecule has 3 rings (SSSR count). The summed E-state index contributed by atoms with van der Waals surface area (Å²) in [5.74, 6) is 1.38. The van der Waals surface area contributed by atoms with Gasteiger partial charge in [-0.25, -0.2) is 0 Å². The zero-order chi connectivity index (χ0) is 17.6. The number of benzene rings is 1. The maximum Gasteiger partial charge on any atom is 0.221 e. The Morgan fingerprint density at radius 3 is 2.92 bits per heavy atom. The van der Waals surface area contributed by atoms with Gasteiger partial charge in [0.15, 0.2) is 11.5 Å². The Morgan fingerprint density at radius 2 is 2.12 bits per heavy atom. The van der Waals surface area contributed by atoms with Crippen LogP contribution in [0.25, 0.3) is 0 Å². The fraction of sp³-hybridized carbons (Fsp3) is 0.611. The van der Waals surface area contributed by atoms with Crippen LogP contribution < -0.4 is 20.5 Å². The van der Waals surface area contributed by atoms with Gasteiger partial charge < -0.3 is 20.5 Å². The topological polar surface area (TPSA) is 76.8 Å².